The summed E-state index contributed by atoms with van der Waals surface area (Å²) in [5.41, 5.74) is 2.72. The summed E-state index contributed by atoms with van der Waals surface area (Å²) in [7, 11) is -4.00. The fourth-order valence-electron chi connectivity index (χ4n) is 3.04. The van der Waals surface area contributed by atoms with Crippen molar-refractivity contribution in [2.24, 2.45) is 0 Å². The van der Waals surface area contributed by atoms with E-state index in [4.69, 9.17) is 0 Å². The van der Waals surface area contributed by atoms with E-state index in [0.29, 0.717) is 5.56 Å². The highest BCUT2D eigenvalue weighted by molar-refractivity contribution is 7.89. The standard InChI is InChI=1S/C21H20N2O4S/c1-15-8-6-7-11-19(15)21(17-9-4-3-5-10-17)22-28(26,27)18-13-12-16(2)20(14-18)23(24)25/h3-14,21-22H,1-2H3/t21-/m1/s1. The molecule has 0 radical (unpaired) electrons. The Bertz CT molecular complexity index is 1110. The molecule has 0 unspecified atom stereocenters. The monoisotopic (exact) mass is 396 g/mol. The predicted octanol–water partition coefficient (Wildman–Crippen LogP) is 4.28. The molecule has 3 aromatic carbocycles. The molecule has 0 aromatic heterocycles. The van der Waals surface area contributed by atoms with E-state index < -0.39 is 21.0 Å². The van der Waals surface area contributed by atoms with Gasteiger partial charge in [-0.1, -0.05) is 60.7 Å². The zero-order valence-corrected chi connectivity index (χ0v) is 16.3. The number of rotatable bonds is 6. The van der Waals surface area contributed by atoms with Crippen molar-refractivity contribution in [2.45, 2.75) is 24.8 Å². The van der Waals surface area contributed by atoms with Crippen LogP contribution in [0.3, 0.4) is 0 Å². The van der Waals surface area contributed by atoms with Crippen LogP contribution in [0.25, 0.3) is 0 Å². The van der Waals surface area contributed by atoms with Gasteiger partial charge in [0.1, 0.15) is 0 Å². The molecule has 0 spiro atoms. The molecular weight excluding hydrogens is 376 g/mol. The van der Waals surface area contributed by atoms with E-state index in [-0.39, 0.29) is 10.6 Å². The number of aryl methyl sites for hydroxylation is 2. The maximum Gasteiger partial charge on any atom is 0.273 e. The second-order valence-electron chi connectivity index (χ2n) is 6.53. The van der Waals surface area contributed by atoms with Crippen molar-refractivity contribution < 1.29 is 13.3 Å². The smallest absolute Gasteiger partial charge is 0.258 e. The van der Waals surface area contributed by atoms with E-state index in [1.807, 2.05) is 61.5 Å². The van der Waals surface area contributed by atoms with Crippen molar-refractivity contribution in [2.75, 3.05) is 0 Å². The molecule has 0 fully saturated rings. The summed E-state index contributed by atoms with van der Waals surface area (Å²) in [6, 6.07) is 20.0. The van der Waals surface area contributed by atoms with E-state index in [9.17, 15) is 18.5 Å². The predicted molar refractivity (Wildman–Crippen MR) is 108 cm³/mol. The first-order chi connectivity index (χ1) is 13.3. The summed E-state index contributed by atoms with van der Waals surface area (Å²) in [4.78, 5) is 10.5. The molecule has 144 valence electrons. The van der Waals surface area contributed by atoms with Gasteiger partial charge in [-0.2, -0.15) is 4.72 Å². The molecule has 1 N–H and O–H groups in total. The number of sulfonamides is 1. The average molecular weight is 396 g/mol. The van der Waals surface area contributed by atoms with Crippen molar-refractivity contribution >= 4 is 15.7 Å². The molecule has 3 rings (SSSR count). The topological polar surface area (TPSA) is 89.3 Å². The van der Waals surface area contributed by atoms with Gasteiger partial charge in [-0.15, -0.1) is 0 Å². The van der Waals surface area contributed by atoms with E-state index in [1.165, 1.54) is 12.1 Å². The first-order valence-electron chi connectivity index (χ1n) is 8.67. The molecule has 0 saturated heterocycles. The molecule has 0 aliphatic carbocycles. The third kappa shape index (κ3) is 4.11. The lowest BCUT2D eigenvalue weighted by atomic mass is 9.96. The lowest BCUT2D eigenvalue weighted by molar-refractivity contribution is -0.385. The molecule has 3 aromatic rings. The van der Waals surface area contributed by atoms with Crippen molar-refractivity contribution in [3.63, 3.8) is 0 Å². The minimum absolute atomic E-state index is 0.140. The van der Waals surface area contributed by atoms with Crippen LogP contribution in [-0.4, -0.2) is 13.3 Å². The Morgan fingerprint density at radius 2 is 1.54 bits per heavy atom. The number of nitro groups is 1. The minimum atomic E-state index is -4.00. The number of nitrogens with one attached hydrogen (secondary N) is 1. The van der Waals surface area contributed by atoms with Gasteiger partial charge in [0.25, 0.3) is 5.69 Å². The molecule has 28 heavy (non-hydrogen) atoms. The Morgan fingerprint density at radius 1 is 0.893 bits per heavy atom. The van der Waals surface area contributed by atoms with E-state index in [1.54, 1.807) is 6.92 Å². The molecule has 0 aliphatic rings. The largest absolute Gasteiger partial charge is 0.273 e. The van der Waals surface area contributed by atoms with Crippen LogP contribution in [0.5, 0.6) is 0 Å². The van der Waals surface area contributed by atoms with Gasteiger partial charge < -0.3 is 0 Å². The van der Waals surface area contributed by atoms with E-state index in [2.05, 4.69) is 4.72 Å². The maximum atomic E-state index is 13.1. The Hall–Kier alpha value is -3.03. The zero-order chi connectivity index (χ0) is 20.3. The quantitative estimate of drug-likeness (QED) is 0.497. The molecule has 0 amide bonds. The number of hydrogen-bond donors (Lipinski definition) is 1. The second-order valence-corrected chi connectivity index (χ2v) is 8.24. The first kappa shape index (κ1) is 19.7. The maximum absolute atomic E-state index is 13.1. The Balaban J connectivity index is 2.07. The highest BCUT2D eigenvalue weighted by Crippen LogP contribution is 2.28. The van der Waals surface area contributed by atoms with Crippen molar-refractivity contribution in [1.29, 1.82) is 0 Å². The van der Waals surface area contributed by atoms with Crippen LogP contribution in [0.15, 0.2) is 77.7 Å². The molecule has 7 heteroatoms. The van der Waals surface area contributed by atoms with Gasteiger partial charge in [0, 0.05) is 11.6 Å². The van der Waals surface area contributed by atoms with E-state index >= 15 is 0 Å². The fourth-order valence-corrected chi connectivity index (χ4v) is 4.27. The van der Waals surface area contributed by atoms with Crippen molar-refractivity contribution in [3.05, 3.63) is 105 Å². The molecule has 0 bridgehead atoms. The van der Waals surface area contributed by atoms with Gasteiger partial charge >= 0.3 is 0 Å². The van der Waals surface area contributed by atoms with Crippen LogP contribution < -0.4 is 4.72 Å². The van der Waals surface area contributed by atoms with Crippen LogP contribution >= 0.6 is 0 Å². The molecule has 0 heterocycles. The Kier molecular flexibility index (Phi) is 5.58. The summed E-state index contributed by atoms with van der Waals surface area (Å²) >= 11 is 0. The lowest BCUT2D eigenvalue weighted by Gasteiger charge is -2.21. The number of nitro benzene ring substituents is 1. The number of nitrogens with zero attached hydrogens (tertiary/aromatic N) is 1. The molecule has 1 atom stereocenters. The van der Waals surface area contributed by atoms with E-state index in [0.717, 1.165) is 22.8 Å². The van der Waals surface area contributed by atoms with Crippen LogP contribution in [0.2, 0.25) is 0 Å². The summed E-state index contributed by atoms with van der Waals surface area (Å²) in [5.74, 6) is 0. The van der Waals surface area contributed by atoms with Gasteiger partial charge in [-0.05, 0) is 36.6 Å². The highest BCUT2D eigenvalue weighted by Gasteiger charge is 2.26. The third-order valence-electron chi connectivity index (χ3n) is 4.59. The first-order valence-corrected chi connectivity index (χ1v) is 10.2. The summed E-state index contributed by atoms with van der Waals surface area (Å²) in [6.45, 7) is 3.48. The van der Waals surface area contributed by atoms with Crippen LogP contribution in [0.1, 0.15) is 28.3 Å². The van der Waals surface area contributed by atoms with Gasteiger partial charge in [-0.3, -0.25) is 10.1 Å². The third-order valence-corrected chi connectivity index (χ3v) is 6.01. The lowest BCUT2D eigenvalue weighted by Crippen LogP contribution is -2.30. The Labute approximate surface area is 164 Å². The molecule has 6 nitrogen and oxygen atoms in total. The van der Waals surface area contributed by atoms with Crippen LogP contribution in [-0.2, 0) is 10.0 Å². The SMILES string of the molecule is Cc1ccccc1[C@H](NS(=O)(=O)c1ccc(C)c([N+](=O)[O-])c1)c1ccccc1. The second kappa shape index (κ2) is 7.92. The summed E-state index contributed by atoms with van der Waals surface area (Å²) in [5, 5.41) is 11.2. The summed E-state index contributed by atoms with van der Waals surface area (Å²) in [6.07, 6.45) is 0. The minimum Gasteiger partial charge on any atom is -0.258 e. The van der Waals surface area contributed by atoms with Crippen LogP contribution in [0.4, 0.5) is 5.69 Å². The Morgan fingerprint density at radius 3 is 2.18 bits per heavy atom. The van der Waals surface area contributed by atoms with Gasteiger partial charge in [0.05, 0.1) is 15.9 Å². The molecule has 0 saturated carbocycles. The molecule has 0 aliphatic heterocycles. The van der Waals surface area contributed by atoms with Crippen molar-refractivity contribution in [1.82, 2.24) is 4.72 Å². The fraction of sp³-hybridized carbons (Fsp3) is 0.143. The summed E-state index contributed by atoms with van der Waals surface area (Å²) < 4.78 is 28.8. The normalized spacial score (nSPS) is 12.5. The number of hydrogen-bond acceptors (Lipinski definition) is 4. The number of benzene rings is 3. The van der Waals surface area contributed by atoms with Crippen molar-refractivity contribution in [3.8, 4) is 0 Å². The van der Waals surface area contributed by atoms with Gasteiger partial charge in [-0.25, -0.2) is 8.42 Å². The average Bonchev–Trinajstić information content (AvgIpc) is 2.67. The van der Waals surface area contributed by atoms with Gasteiger partial charge in [0.15, 0.2) is 0 Å². The zero-order valence-electron chi connectivity index (χ0n) is 15.5. The molecular formula is C21H20N2O4S. The highest BCUT2D eigenvalue weighted by atomic mass is 32.2. The van der Waals surface area contributed by atoms with Gasteiger partial charge in [0.2, 0.25) is 10.0 Å². The van der Waals surface area contributed by atoms with Crippen LogP contribution in [0, 0.1) is 24.0 Å².